The number of benzene rings is 1. The van der Waals surface area contributed by atoms with Crippen LogP contribution in [0.1, 0.15) is 26.2 Å². The number of sulfonamides is 1. The number of nitrogens with one attached hydrogen (secondary N) is 1. The minimum atomic E-state index is -3.41. The van der Waals surface area contributed by atoms with Crippen molar-refractivity contribution in [2.75, 3.05) is 24.6 Å². The number of thioether (sulfide) groups is 1. The summed E-state index contributed by atoms with van der Waals surface area (Å²) in [6, 6.07) is 8.58. The van der Waals surface area contributed by atoms with Gasteiger partial charge < -0.3 is 5.32 Å². The summed E-state index contributed by atoms with van der Waals surface area (Å²) in [6.07, 6.45) is 1.86. The van der Waals surface area contributed by atoms with E-state index in [1.54, 1.807) is 42.1 Å². The molecule has 1 saturated heterocycles. The van der Waals surface area contributed by atoms with E-state index in [4.69, 9.17) is 0 Å². The second kappa shape index (κ2) is 8.70. The van der Waals surface area contributed by atoms with Crippen LogP contribution in [-0.4, -0.2) is 49.3 Å². The van der Waals surface area contributed by atoms with E-state index in [0.29, 0.717) is 37.2 Å². The molecular weight excluding hydrogens is 332 g/mol. The summed E-state index contributed by atoms with van der Waals surface area (Å²) in [4.78, 5) is 12.2. The fourth-order valence-corrected chi connectivity index (χ4v) is 4.70. The highest BCUT2D eigenvalue weighted by Crippen LogP contribution is 2.20. The monoisotopic (exact) mass is 356 g/mol. The van der Waals surface area contributed by atoms with Crippen molar-refractivity contribution in [3.8, 4) is 0 Å². The number of piperidine rings is 1. The molecule has 23 heavy (non-hydrogen) atoms. The van der Waals surface area contributed by atoms with Gasteiger partial charge in [0.25, 0.3) is 0 Å². The molecule has 0 spiro atoms. The first kappa shape index (κ1) is 18.3. The van der Waals surface area contributed by atoms with Gasteiger partial charge in [0.15, 0.2) is 0 Å². The van der Waals surface area contributed by atoms with Gasteiger partial charge in [0.05, 0.1) is 4.90 Å². The zero-order valence-electron chi connectivity index (χ0n) is 13.4. The van der Waals surface area contributed by atoms with E-state index in [2.05, 4.69) is 12.2 Å². The van der Waals surface area contributed by atoms with Crippen LogP contribution in [0.25, 0.3) is 0 Å². The number of hydrogen-bond acceptors (Lipinski definition) is 4. The molecule has 1 aliphatic heterocycles. The van der Waals surface area contributed by atoms with Crippen LogP contribution in [0.2, 0.25) is 0 Å². The Balaban J connectivity index is 1.83. The van der Waals surface area contributed by atoms with Gasteiger partial charge in [0.2, 0.25) is 15.9 Å². The van der Waals surface area contributed by atoms with E-state index < -0.39 is 10.0 Å². The van der Waals surface area contributed by atoms with Gasteiger partial charge in [0.1, 0.15) is 0 Å². The van der Waals surface area contributed by atoms with E-state index in [1.807, 2.05) is 0 Å². The average Bonchev–Trinajstić information content (AvgIpc) is 2.56. The molecule has 0 aromatic heterocycles. The molecule has 0 unspecified atom stereocenters. The SMILES string of the molecule is CCSCCC(=O)NC1CCN(S(=O)(=O)c2ccccc2)CC1. The molecular formula is C16H24N2O3S2. The summed E-state index contributed by atoms with van der Waals surface area (Å²) in [5.41, 5.74) is 0. The molecule has 1 aliphatic rings. The van der Waals surface area contributed by atoms with E-state index in [9.17, 15) is 13.2 Å². The first-order chi connectivity index (χ1) is 11.0. The molecule has 1 heterocycles. The molecule has 0 radical (unpaired) electrons. The third-order valence-electron chi connectivity index (χ3n) is 3.88. The summed E-state index contributed by atoms with van der Waals surface area (Å²) in [7, 11) is -3.41. The highest BCUT2D eigenvalue weighted by Gasteiger charge is 2.29. The molecule has 1 aromatic carbocycles. The lowest BCUT2D eigenvalue weighted by Gasteiger charge is -2.31. The molecule has 0 bridgehead atoms. The van der Waals surface area contributed by atoms with Gasteiger partial charge >= 0.3 is 0 Å². The quantitative estimate of drug-likeness (QED) is 0.760. The standard InChI is InChI=1S/C16H24N2O3S2/c1-2-22-13-10-16(19)17-14-8-11-18(12-9-14)23(20,21)15-6-4-3-5-7-15/h3-7,14H,2,8-13H2,1H3,(H,17,19). The second-order valence-electron chi connectivity index (χ2n) is 5.51. The topological polar surface area (TPSA) is 66.5 Å². The van der Waals surface area contributed by atoms with Gasteiger partial charge in [-0.15, -0.1) is 0 Å². The highest BCUT2D eigenvalue weighted by molar-refractivity contribution is 7.99. The Kier molecular flexibility index (Phi) is 6.92. The number of nitrogens with zero attached hydrogens (tertiary/aromatic N) is 1. The van der Waals surface area contributed by atoms with Crippen molar-refractivity contribution in [2.24, 2.45) is 0 Å². The number of carbonyl (C=O) groups excluding carboxylic acids is 1. The van der Waals surface area contributed by atoms with Crippen LogP contribution in [0.4, 0.5) is 0 Å². The van der Waals surface area contributed by atoms with Crippen LogP contribution in [0, 0.1) is 0 Å². The lowest BCUT2D eigenvalue weighted by atomic mass is 10.1. The van der Waals surface area contributed by atoms with E-state index in [0.717, 1.165) is 11.5 Å². The Labute approximate surface area is 142 Å². The number of amides is 1. The normalized spacial score (nSPS) is 17.1. The predicted octanol–water partition coefficient (Wildman–Crippen LogP) is 2.10. The number of hydrogen-bond donors (Lipinski definition) is 1. The van der Waals surface area contributed by atoms with Crippen LogP contribution in [0.3, 0.4) is 0 Å². The first-order valence-corrected chi connectivity index (χ1v) is 10.6. The molecule has 5 nitrogen and oxygen atoms in total. The minimum Gasteiger partial charge on any atom is -0.353 e. The van der Waals surface area contributed by atoms with Crippen LogP contribution >= 0.6 is 11.8 Å². The Bertz CT molecular complexity index is 597. The fourth-order valence-electron chi connectivity index (χ4n) is 2.59. The maximum atomic E-state index is 12.5. The van der Waals surface area contributed by atoms with Crippen molar-refractivity contribution in [1.29, 1.82) is 0 Å². The van der Waals surface area contributed by atoms with Crippen molar-refractivity contribution in [3.63, 3.8) is 0 Å². The third kappa shape index (κ3) is 5.22. The lowest BCUT2D eigenvalue weighted by Crippen LogP contribution is -2.46. The van der Waals surface area contributed by atoms with Gasteiger partial charge in [0, 0.05) is 31.3 Å². The molecule has 7 heteroatoms. The molecule has 128 valence electrons. The highest BCUT2D eigenvalue weighted by atomic mass is 32.2. The number of rotatable bonds is 7. The average molecular weight is 357 g/mol. The summed E-state index contributed by atoms with van der Waals surface area (Å²) >= 11 is 1.75. The molecule has 0 atom stereocenters. The Hall–Kier alpha value is -1.05. The molecule has 0 aliphatic carbocycles. The van der Waals surface area contributed by atoms with Gasteiger partial charge in [-0.05, 0) is 30.7 Å². The molecule has 1 amide bonds. The Morgan fingerprint density at radius 2 is 1.91 bits per heavy atom. The van der Waals surface area contributed by atoms with Crippen molar-refractivity contribution < 1.29 is 13.2 Å². The maximum absolute atomic E-state index is 12.5. The number of carbonyl (C=O) groups is 1. The summed E-state index contributed by atoms with van der Waals surface area (Å²) < 4.78 is 26.6. The van der Waals surface area contributed by atoms with Crippen LogP contribution in [0.15, 0.2) is 35.2 Å². The Morgan fingerprint density at radius 1 is 1.26 bits per heavy atom. The van der Waals surface area contributed by atoms with Crippen LogP contribution < -0.4 is 5.32 Å². The molecule has 2 rings (SSSR count). The fraction of sp³-hybridized carbons (Fsp3) is 0.562. The van der Waals surface area contributed by atoms with Crippen LogP contribution in [0.5, 0.6) is 0 Å². The summed E-state index contributed by atoms with van der Waals surface area (Å²) in [5, 5.41) is 3.02. The van der Waals surface area contributed by atoms with Gasteiger partial charge in [-0.3, -0.25) is 4.79 Å². The largest absolute Gasteiger partial charge is 0.353 e. The summed E-state index contributed by atoms with van der Waals surface area (Å²) in [6.45, 7) is 2.98. The smallest absolute Gasteiger partial charge is 0.243 e. The zero-order valence-corrected chi connectivity index (χ0v) is 15.0. The van der Waals surface area contributed by atoms with Gasteiger partial charge in [-0.2, -0.15) is 16.1 Å². The second-order valence-corrected chi connectivity index (χ2v) is 8.84. The van der Waals surface area contributed by atoms with E-state index in [-0.39, 0.29) is 11.9 Å². The van der Waals surface area contributed by atoms with E-state index in [1.165, 1.54) is 4.31 Å². The van der Waals surface area contributed by atoms with Crippen molar-refractivity contribution >= 4 is 27.7 Å². The van der Waals surface area contributed by atoms with Crippen molar-refractivity contribution in [2.45, 2.75) is 37.1 Å². The molecule has 1 fully saturated rings. The molecule has 1 aromatic rings. The Morgan fingerprint density at radius 3 is 2.52 bits per heavy atom. The van der Waals surface area contributed by atoms with Crippen molar-refractivity contribution in [1.82, 2.24) is 9.62 Å². The van der Waals surface area contributed by atoms with Crippen LogP contribution in [-0.2, 0) is 14.8 Å². The van der Waals surface area contributed by atoms with Gasteiger partial charge in [-0.1, -0.05) is 25.1 Å². The lowest BCUT2D eigenvalue weighted by molar-refractivity contribution is -0.121. The minimum absolute atomic E-state index is 0.0651. The summed E-state index contributed by atoms with van der Waals surface area (Å²) in [5.74, 6) is 1.92. The molecule has 1 N–H and O–H groups in total. The van der Waals surface area contributed by atoms with E-state index >= 15 is 0 Å². The zero-order chi connectivity index (χ0) is 16.7. The predicted molar refractivity (Wildman–Crippen MR) is 94.0 cm³/mol. The van der Waals surface area contributed by atoms with Crippen molar-refractivity contribution in [3.05, 3.63) is 30.3 Å². The maximum Gasteiger partial charge on any atom is 0.243 e. The third-order valence-corrected chi connectivity index (χ3v) is 6.69. The molecule has 0 saturated carbocycles. The van der Waals surface area contributed by atoms with Gasteiger partial charge in [-0.25, -0.2) is 8.42 Å². The first-order valence-electron chi connectivity index (χ1n) is 7.96.